The standard InChI is InChI=1S/C23H31FN4O3.HI/c1-25-23(28-15-13-27(14-16-28)19-8-6-18(24)7-9-19)26-12-11-17-5-10-20(29-2)22(31-4)21(17)30-3;/h5-10H,11-16H2,1-4H3,(H,25,26);1H. The van der Waals surface area contributed by atoms with E-state index in [1.807, 2.05) is 24.3 Å². The highest BCUT2D eigenvalue weighted by molar-refractivity contribution is 14.0. The molecular weight excluding hydrogens is 526 g/mol. The lowest BCUT2D eigenvalue weighted by Gasteiger charge is -2.37. The van der Waals surface area contributed by atoms with Crippen molar-refractivity contribution in [2.45, 2.75) is 6.42 Å². The topological polar surface area (TPSA) is 58.6 Å². The minimum absolute atomic E-state index is 0. The number of hydrogen-bond donors (Lipinski definition) is 1. The molecule has 1 N–H and O–H groups in total. The number of halogens is 2. The van der Waals surface area contributed by atoms with E-state index in [-0.39, 0.29) is 29.8 Å². The van der Waals surface area contributed by atoms with Crippen LogP contribution in [0.25, 0.3) is 0 Å². The number of nitrogens with one attached hydrogen (secondary N) is 1. The van der Waals surface area contributed by atoms with E-state index in [2.05, 4.69) is 20.1 Å². The highest BCUT2D eigenvalue weighted by Gasteiger charge is 2.20. The number of ether oxygens (including phenoxy) is 3. The highest BCUT2D eigenvalue weighted by atomic mass is 127. The van der Waals surface area contributed by atoms with Crippen LogP contribution in [0.1, 0.15) is 5.56 Å². The molecule has 0 unspecified atom stereocenters. The Kier molecular flexibility index (Phi) is 10.1. The fraction of sp³-hybridized carbons (Fsp3) is 0.435. The van der Waals surface area contributed by atoms with Gasteiger partial charge in [-0.3, -0.25) is 4.99 Å². The largest absolute Gasteiger partial charge is 0.493 e. The zero-order valence-electron chi connectivity index (χ0n) is 19.1. The predicted octanol–water partition coefficient (Wildman–Crippen LogP) is 3.41. The van der Waals surface area contributed by atoms with E-state index in [1.165, 1.54) is 12.1 Å². The lowest BCUT2D eigenvalue weighted by molar-refractivity contribution is 0.322. The molecule has 0 spiro atoms. The molecule has 0 aliphatic carbocycles. The Morgan fingerprint density at radius 1 is 0.938 bits per heavy atom. The minimum atomic E-state index is -0.210. The van der Waals surface area contributed by atoms with Crippen LogP contribution in [0.5, 0.6) is 17.2 Å². The minimum Gasteiger partial charge on any atom is -0.493 e. The van der Waals surface area contributed by atoms with E-state index in [0.29, 0.717) is 23.8 Å². The molecule has 0 aromatic heterocycles. The summed E-state index contributed by atoms with van der Waals surface area (Å²) in [4.78, 5) is 8.95. The Balaban J connectivity index is 0.00000363. The second-order valence-corrected chi connectivity index (χ2v) is 7.17. The third kappa shape index (κ3) is 6.08. The number of nitrogens with zero attached hydrogens (tertiary/aromatic N) is 3. The van der Waals surface area contributed by atoms with Crippen molar-refractivity contribution in [1.29, 1.82) is 0 Å². The molecule has 1 fully saturated rings. The normalized spacial score (nSPS) is 14.0. The van der Waals surface area contributed by atoms with Gasteiger partial charge >= 0.3 is 0 Å². The molecule has 1 heterocycles. The summed E-state index contributed by atoms with van der Waals surface area (Å²) in [7, 11) is 6.65. The fourth-order valence-corrected chi connectivity index (χ4v) is 3.83. The molecule has 0 saturated carbocycles. The first-order chi connectivity index (χ1) is 15.1. The van der Waals surface area contributed by atoms with Gasteiger partial charge in [-0.2, -0.15) is 0 Å². The van der Waals surface area contributed by atoms with Gasteiger partial charge in [0.2, 0.25) is 5.75 Å². The Bertz CT molecular complexity index is 888. The number of rotatable bonds is 7. The van der Waals surface area contributed by atoms with Gasteiger partial charge in [0.05, 0.1) is 21.3 Å². The zero-order chi connectivity index (χ0) is 22.2. The van der Waals surface area contributed by atoms with Crippen LogP contribution in [0.15, 0.2) is 41.4 Å². The number of hydrogen-bond acceptors (Lipinski definition) is 5. The van der Waals surface area contributed by atoms with E-state index in [4.69, 9.17) is 14.2 Å². The SMILES string of the molecule is CN=C(NCCc1ccc(OC)c(OC)c1OC)N1CCN(c2ccc(F)cc2)CC1.I. The van der Waals surface area contributed by atoms with Crippen LogP contribution in [0.4, 0.5) is 10.1 Å². The van der Waals surface area contributed by atoms with E-state index >= 15 is 0 Å². The summed E-state index contributed by atoms with van der Waals surface area (Å²) in [5, 5.41) is 3.45. The van der Waals surface area contributed by atoms with Gasteiger partial charge in [-0.05, 0) is 36.8 Å². The Morgan fingerprint density at radius 3 is 2.16 bits per heavy atom. The van der Waals surface area contributed by atoms with Crippen molar-refractivity contribution >= 4 is 35.6 Å². The average Bonchev–Trinajstić information content (AvgIpc) is 2.82. The monoisotopic (exact) mass is 558 g/mol. The maximum atomic E-state index is 13.2. The van der Waals surface area contributed by atoms with E-state index in [9.17, 15) is 4.39 Å². The molecule has 32 heavy (non-hydrogen) atoms. The van der Waals surface area contributed by atoms with Crippen molar-refractivity contribution in [2.75, 3.05) is 66.0 Å². The van der Waals surface area contributed by atoms with Crippen LogP contribution in [0.2, 0.25) is 0 Å². The van der Waals surface area contributed by atoms with Crippen LogP contribution in [-0.2, 0) is 6.42 Å². The summed E-state index contributed by atoms with van der Waals surface area (Å²) in [6.07, 6.45) is 0.748. The van der Waals surface area contributed by atoms with E-state index in [1.54, 1.807) is 28.4 Å². The van der Waals surface area contributed by atoms with Gasteiger partial charge in [0.15, 0.2) is 17.5 Å². The maximum absolute atomic E-state index is 13.2. The summed E-state index contributed by atoms with van der Waals surface area (Å²) >= 11 is 0. The molecule has 1 aliphatic rings. The molecule has 7 nitrogen and oxygen atoms in total. The first-order valence-corrected chi connectivity index (χ1v) is 10.3. The fourth-order valence-electron chi connectivity index (χ4n) is 3.83. The van der Waals surface area contributed by atoms with Gasteiger partial charge in [-0.15, -0.1) is 24.0 Å². The quantitative estimate of drug-likeness (QED) is 0.320. The van der Waals surface area contributed by atoms with Crippen molar-refractivity contribution in [3.05, 3.63) is 47.8 Å². The number of aliphatic imine (C=N–C) groups is 1. The van der Waals surface area contributed by atoms with Gasteiger partial charge in [0.25, 0.3) is 0 Å². The summed E-state index contributed by atoms with van der Waals surface area (Å²) in [6.45, 7) is 4.11. The van der Waals surface area contributed by atoms with Gasteiger partial charge < -0.3 is 29.3 Å². The third-order valence-corrected chi connectivity index (χ3v) is 5.45. The van der Waals surface area contributed by atoms with Crippen molar-refractivity contribution < 1.29 is 18.6 Å². The van der Waals surface area contributed by atoms with E-state index < -0.39 is 0 Å². The smallest absolute Gasteiger partial charge is 0.203 e. The van der Waals surface area contributed by atoms with Crippen molar-refractivity contribution in [3.8, 4) is 17.2 Å². The number of methoxy groups -OCH3 is 3. The van der Waals surface area contributed by atoms with Crippen molar-refractivity contribution in [2.24, 2.45) is 4.99 Å². The number of benzene rings is 2. The van der Waals surface area contributed by atoms with Crippen LogP contribution < -0.4 is 24.4 Å². The van der Waals surface area contributed by atoms with Crippen LogP contribution in [0, 0.1) is 5.82 Å². The summed E-state index contributed by atoms with van der Waals surface area (Å²) < 4.78 is 29.6. The van der Waals surface area contributed by atoms with Gasteiger partial charge in [0.1, 0.15) is 5.82 Å². The summed E-state index contributed by atoms with van der Waals surface area (Å²) in [6, 6.07) is 10.5. The number of guanidine groups is 1. The first-order valence-electron chi connectivity index (χ1n) is 10.3. The van der Waals surface area contributed by atoms with E-state index in [0.717, 1.165) is 49.8 Å². The highest BCUT2D eigenvalue weighted by Crippen LogP contribution is 2.39. The molecule has 0 atom stereocenters. The average molecular weight is 558 g/mol. The second kappa shape index (κ2) is 12.6. The lowest BCUT2D eigenvalue weighted by atomic mass is 10.1. The molecule has 9 heteroatoms. The predicted molar refractivity (Wildman–Crippen MR) is 137 cm³/mol. The maximum Gasteiger partial charge on any atom is 0.203 e. The van der Waals surface area contributed by atoms with Crippen molar-refractivity contribution in [1.82, 2.24) is 10.2 Å². The number of anilines is 1. The summed E-state index contributed by atoms with van der Waals surface area (Å²) in [5.74, 6) is 2.59. The van der Waals surface area contributed by atoms with Crippen molar-refractivity contribution in [3.63, 3.8) is 0 Å². The molecule has 2 aromatic carbocycles. The molecule has 176 valence electrons. The Labute approximate surface area is 206 Å². The molecule has 2 aromatic rings. The molecule has 1 aliphatic heterocycles. The Hall–Kier alpha value is -2.43. The second-order valence-electron chi connectivity index (χ2n) is 7.17. The number of piperazine rings is 1. The lowest BCUT2D eigenvalue weighted by Crippen LogP contribution is -2.52. The van der Waals surface area contributed by atoms with Gasteiger partial charge in [-0.25, -0.2) is 4.39 Å². The first kappa shape index (κ1) is 25.8. The van der Waals surface area contributed by atoms with Gasteiger partial charge in [0, 0.05) is 51.0 Å². The zero-order valence-corrected chi connectivity index (χ0v) is 21.4. The molecule has 3 rings (SSSR count). The molecule has 1 saturated heterocycles. The molecular formula is C23H32FIN4O3. The molecule has 0 radical (unpaired) electrons. The Morgan fingerprint density at radius 2 is 1.59 bits per heavy atom. The molecule has 0 bridgehead atoms. The van der Waals surface area contributed by atoms with Crippen LogP contribution in [-0.4, -0.2) is 72.0 Å². The van der Waals surface area contributed by atoms with Gasteiger partial charge in [-0.1, -0.05) is 6.07 Å². The molecule has 0 amide bonds. The van der Waals surface area contributed by atoms with Crippen LogP contribution in [0.3, 0.4) is 0 Å². The van der Waals surface area contributed by atoms with Crippen LogP contribution >= 0.6 is 24.0 Å². The summed E-state index contributed by atoms with van der Waals surface area (Å²) in [5.41, 5.74) is 2.08. The third-order valence-electron chi connectivity index (χ3n) is 5.45.